The number of aromatic nitrogens is 1. The monoisotopic (exact) mass is 169 g/mol. The predicted octanol–water partition coefficient (Wildman–Crippen LogP) is 3.51. The lowest BCUT2D eigenvalue weighted by Gasteiger charge is -1.84. The molecule has 0 atom stereocenters. The van der Waals surface area contributed by atoms with Gasteiger partial charge >= 0.3 is 0 Å². The molecule has 11 heavy (non-hydrogen) atoms. The zero-order valence-electron chi connectivity index (χ0n) is 6.51. The Morgan fingerprint density at radius 1 is 1.55 bits per heavy atom. The fourth-order valence-electron chi connectivity index (χ4n) is 0.742. The third kappa shape index (κ3) is 3.33. The molecule has 0 saturated carbocycles. The van der Waals surface area contributed by atoms with Crippen LogP contribution in [0.4, 0.5) is 0 Å². The van der Waals surface area contributed by atoms with Gasteiger partial charge in [-0.2, -0.15) is 0 Å². The predicted molar refractivity (Wildman–Crippen MR) is 52.9 cm³/mol. The molecule has 0 aliphatic rings. The molecule has 1 aromatic heterocycles. The molecule has 0 radical (unpaired) electrons. The second-order valence-corrected chi connectivity index (χ2v) is 3.58. The van der Waals surface area contributed by atoms with Gasteiger partial charge in [-0.3, -0.25) is 0 Å². The molecule has 62 valence electrons. The molecule has 1 heterocycles. The van der Waals surface area contributed by atoms with Gasteiger partial charge in [-0.05, 0) is 26.8 Å². The van der Waals surface area contributed by atoms with Crippen molar-refractivity contribution in [1.82, 2.24) is 4.98 Å². The van der Waals surface area contributed by atoms with Crippen LogP contribution in [0, 0.1) is 6.92 Å². The molecular weight excluding hydrogens is 154 g/mol. The number of nitrogens with zero attached hydrogens (tertiary/aromatic N) is 1. The van der Waals surface area contributed by atoms with Crippen molar-refractivity contribution < 1.29 is 0 Å². The Balaban J connectivity index is 0.000001000. The van der Waals surface area contributed by atoms with Gasteiger partial charge < -0.3 is 0 Å². The van der Waals surface area contributed by atoms with E-state index in [0.717, 1.165) is 10.7 Å². The van der Waals surface area contributed by atoms with Crippen LogP contribution in [-0.2, 0) is 0 Å². The summed E-state index contributed by atoms with van der Waals surface area (Å²) in [5, 5.41) is 3.20. The topological polar surface area (TPSA) is 12.9 Å². The Hall–Kier alpha value is -0.630. The highest BCUT2D eigenvalue weighted by Gasteiger charge is 1.91. The normalized spacial score (nSPS) is 8.64. The summed E-state index contributed by atoms with van der Waals surface area (Å²) in [6.07, 6.45) is 2.09. The molecule has 0 aliphatic carbocycles. The standard InChI is InChI=1S/C8H11NS.CH4/c1-6(2)4-8-5-10-7(3)9-8;/h4-5H,1-3H3;1H4. The maximum Gasteiger partial charge on any atom is 0.0901 e. The minimum absolute atomic E-state index is 0. The number of hydrogen-bond donors (Lipinski definition) is 0. The van der Waals surface area contributed by atoms with Crippen molar-refractivity contribution in [3.63, 3.8) is 0 Å². The van der Waals surface area contributed by atoms with Crippen LogP contribution in [0.2, 0.25) is 0 Å². The van der Waals surface area contributed by atoms with Crippen LogP contribution >= 0.6 is 11.3 Å². The van der Waals surface area contributed by atoms with E-state index in [-0.39, 0.29) is 7.43 Å². The van der Waals surface area contributed by atoms with Crippen LogP contribution in [0.25, 0.3) is 6.08 Å². The van der Waals surface area contributed by atoms with Crippen molar-refractivity contribution in [1.29, 1.82) is 0 Å². The summed E-state index contributed by atoms with van der Waals surface area (Å²) < 4.78 is 0. The lowest BCUT2D eigenvalue weighted by molar-refractivity contribution is 1.26. The molecule has 0 spiro atoms. The van der Waals surface area contributed by atoms with Gasteiger partial charge in [0.25, 0.3) is 0 Å². The number of allylic oxidation sites excluding steroid dienone is 1. The molecule has 1 aromatic rings. The van der Waals surface area contributed by atoms with Crippen LogP contribution in [0.5, 0.6) is 0 Å². The van der Waals surface area contributed by atoms with E-state index >= 15 is 0 Å². The van der Waals surface area contributed by atoms with Crippen molar-refractivity contribution in [3.05, 3.63) is 21.7 Å². The quantitative estimate of drug-likeness (QED) is 0.627. The van der Waals surface area contributed by atoms with Gasteiger partial charge in [0.2, 0.25) is 0 Å². The van der Waals surface area contributed by atoms with E-state index in [1.807, 2.05) is 6.92 Å². The van der Waals surface area contributed by atoms with E-state index in [0.29, 0.717) is 0 Å². The van der Waals surface area contributed by atoms with Crippen LogP contribution in [0.3, 0.4) is 0 Å². The lowest BCUT2D eigenvalue weighted by atomic mass is 10.3. The Bertz CT molecular complexity index is 244. The smallest absolute Gasteiger partial charge is 0.0901 e. The van der Waals surface area contributed by atoms with Crippen molar-refractivity contribution in [2.75, 3.05) is 0 Å². The average molecular weight is 169 g/mol. The number of hydrogen-bond acceptors (Lipinski definition) is 2. The van der Waals surface area contributed by atoms with Gasteiger partial charge in [-0.15, -0.1) is 11.3 Å². The van der Waals surface area contributed by atoms with Crippen LogP contribution < -0.4 is 0 Å². The molecular formula is C9H15NS. The number of rotatable bonds is 1. The third-order valence-electron chi connectivity index (χ3n) is 1.07. The minimum Gasteiger partial charge on any atom is -0.242 e. The van der Waals surface area contributed by atoms with Crippen LogP contribution in [0.15, 0.2) is 11.0 Å². The van der Waals surface area contributed by atoms with E-state index in [4.69, 9.17) is 0 Å². The minimum atomic E-state index is 0. The Labute approximate surface area is 72.8 Å². The van der Waals surface area contributed by atoms with Crippen molar-refractivity contribution in [2.45, 2.75) is 28.2 Å². The lowest BCUT2D eigenvalue weighted by Crippen LogP contribution is -1.72. The van der Waals surface area contributed by atoms with Crippen molar-refractivity contribution >= 4 is 17.4 Å². The first kappa shape index (κ1) is 10.4. The summed E-state index contributed by atoms with van der Waals surface area (Å²) in [6.45, 7) is 6.18. The molecule has 1 rings (SSSR count). The Kier molecular flexibility index (Phi) is 4.04. The molecule has 1 nitrogen and oxygen atoms in total. The summed E-state index contributed by atoms with van der Waals surface area (Å²) >= 11 is 1.69. The van der Waals surface area contributed by atoms with E-state index < -0.39 is 0 Å². The Morgan fingerprint density at radius 3 is 2.55 bits per heavy atom. The highest BCUT2D eigenvalue weighted by atomic mass is 32.1. The number of thiazole rings is 1. The molecule has 0 amide bonds. The summed E-state index contributed by atoms with van der Waals surface area (Å²) in [4.78, 5) is 4.29. The average Bonchev–Trinajstić information content (AvgIpc) is 2.13. The van der Waals surface area contributed by atoms with Crippen molar-refractivity contribution in [3.8, 4) is 0 Å². The zero-order chi connectivity index (χ0) is 7.56. The summed E-state index contributed by atoms with van der Waals surface area (Å²) in [5.41, 5.74) is 2.38. The van der Waals surface area contributed by atoms with Crippen LogP contribution in [0.1, 0.15) is 32.0 Å². The van der Waals surface area contributed by atoms with Gasteiger partial charge in [0.15, 0.2) is 0 Å². The van der Waals surface area contributed by atoms with Gasteiger partial charge in [0, 0.05) is 5.38 Å². The van der Waals surface area contributed by atoms with E-state index in [2.05, 4.69) is 30.3 Å². The first-order valence-corrected chi connectivity index (χ1v) is 4.13. The van der Waals surface area contributed by atoms with Crippen molar-refractivity contribution in [2.24, 2.45) is 0 Å². The Morgan fingerprint density at radius 2 is 2.18 bits per heavy atom. The van der Waals surface area contributed by atoms with Gasteiger partial charge in [-0.1, -0.05) is 13.0 Å². The second-order valence-electron chi connectivity index (χ2n) is 2.51. The maximum absolute atomic E-state index is 4.29. The van der Waals surface area contributed by atoms with E-state index in [1.165, 1.54) is 5.57 Å². The molecule has 0 aromatic carbocycles. The fraction of sp³-hybridized carbons (Fsp3) is 0.444. The molecule has 0 saturated heterocycles. The largest absolute Gasteiger partial charge is 0.242 e. The first-order valence-electron chi connectivity index (χ1n) is 3.25. The molecule has 0 N–H and O–H groups in total. The summed E-state index contributed by atoms with van der Waals surface area (Å²) in [5.74, 6) is 0. The number of aryl methyl sites for hydroxylation is 1. The fourth-order valence-corrected chi connectivity index (χ4v) is 1.31. The van der Waals surface area contributed by atoms with Crippen LogP contribution in [-0.4, -0.2) is 4.98 Å². The van der Waals surface area contributed by atoms with E-state index in [1.54, 1.807) is 11.3 Å². The molecule has 0 unspecified atom stereocenters. The maximum atomic E-state index is 4.29. The zero-order valence-corrected chi connectivity index (χ0v) is 7.33. The highest BCUT2D eigenvalue weighted by Crippen LogP contribution is 2.10. The van der Waals surface area contributed by atoms with E-state index in [9.17, 15) is 0 Å². The molecule has 2 heteroatoms. The molecule has 0 fully saturated rings. The second kappa shape index (κ2) is 4.29. The summed E-state index contributed by atoms with van der Waals surface area (Å²) in [7, 11) is 0. The van der Waals surface area contributed by atoms with Gasteiger partial charge in [0.1, 0.15) is 0 Å². The summed E-state index contributed by atoms with van der Waals surface area (Å²) in [6, 6.07) is 0. The highest BCUT2D eigenvalue weighted by molar-refractivity contribution is 7.09. The first-order chi connectivity index (χ1) is 4.68. The van der Waals surface area contributed by atoms with Gasteiger partial charge in [0.05, 0.1) is 10.7 Å². The SMILES string of the molecule is C.CC(C)=Cc1csc(C)n1. The third-order valence-corrected chi connectivity index (χ3v) is 1.87. The molecule has 0 aliphatic heterocycles. The van der Waals surface area contributed by atoms with Gasteiger partial charge in [-0.25, -0.2) is 4.98 Å². The molecule has 0 bridgehead atoms.